The summed E-state index contributed by atoms with van der Waals surface area (Å²) in [5.41, 5.74) is -0.762. The first-order valence-corrected chi connectivity index (χ1v) is 8.47. The van der Waals surface area contributed by atoms with Crippen molar-refractivity contribution in [1.82, 2.24) is 5.32 Å². The first-order chi connectivity index (χ1) is 12.2. The minimum absolute atomic E-state index is 0.0430. The minimum atomic E-state index is -1.19. The van der Waals surface area contributed by atoms with Crippen LogP contribution in [0.4, 0.5) is 9.59 Å². The average molecular weight is 381 g/mol. The number of ether oxygens (including phenoxy) is 3. The van der Waals surface area contributed by atoms with Crippen molar-refractivity contribution < 1.29 is 33.7 Å². The lowest BCUT2D eigenvalue weighted by Gasteiger charge is -2.22. The normalized spacial score (nSPS) is 12.7. The molecule has 8 nitrogen and oxygen atoms in total. The quantitative estimate of drug-likeness (QED) is 0.593. The van der Waals surface area contributed by atoms with Crippen LogP contribution in [0.5, 0.6) is 5.75 Å². The number of aliphatic carboxylic acids is 1. The summed E-state index contributed by atoms with van der Waals surface area (Å²) in [5, 5.41) is 11.6. The molecule has 0 saturated heterocycles. The molecular formula is C19H27NO7. The van der Waals surface area contributed by atoms with Gasteiger partial charge < -0.3 is 24.6 Å². The zero-order valence-electron chi connectivity index (χ0n) is 16.5. The van der Waals surface area contributed by atoms with Gasteiger partial charge in [-0.1, -0.05) is 12.1 Å². The summed E-state index contributed by atoms with van der Waals surface area (Å²) in [7, 11) is 0. The van der Waals surface area contributed by atoms with Gasteiger partial charge >= 0.3 is 18.2 Å². The zero-order valence-corrected chi connectivity index (χ0v) is 16.5. The standard InChI is InChI=1S/C19H27NO7/c1-18(2,3)26-16(23)20-14(15(21)22)11-12-7-9-13(10-8-12)25-17(24)27-19(4,5)6/h7-10,14H,11H2,1-6H3,(H,20,23)(H,21,22). The third-order valence-corrected chi connectivity index (χ3v) is 2.94. The van der Waals surface area contributed by atoms with Crippen LogP contribution in [0.25, 0.3) is 0 Å². The predicted molar refractivity (Wildman–Crippen MR) is 97.8 cm³/mol. The number of nitrogens with one attached hydrogen (secondary N) is 1. The highest BCUT2D eigenvalue weighted by Crippen LogP contribution is 2.16. The van der Waals surface area contributed by atoms with E-state index < -0.39 is 35.5 Å². The number of carboxylic acid groups (broad SMARTS) is 1. The van der Waals surface area contributed by atoms with Gasteiger partial charge in [0.25, 0.3) is 0 Å². The Balaban J connectivity index is 2.69. The Labute approximate surface area is 158 Å². The summed E-state index contributed by atoms with van der Waals surface area (Å²) < 4.78 is 15.2. The van der Waals surface area contributed by atoms with Gasteiger partial charge in [0.2, 0.25) is 0 Å². The van der Waals surface area contributed by atoms with E-state index in [1.165, 1.54) is 12.1 Å². The highest BCUT2D eigenvalue weighted by Gasteiger charge is 2.24. The molecule has 0 saturated carbocycles. The molecule has 1 rings (SSSR count). The summed E-state index contributed by atoms with van der Waals surface area (Å²) in [5.74, 6) is -0.921. The molecule has 0 aliphatic rings. The van der Waals surface area contributed by atoms with E-state index in [0.717, 1.165) is 0 Å². The van der Waals surface area contributed by atoms with E-state index in [4.69, 9.17) is 14.2 Å². The van der Waals surface area contributed by atoms with Crippen LogP contribution in [0.2, 0.25) is 0 Å². The van der Waals surface area contributed by atoms with E-state index in [9.17, 15) is 19.5 Å². The maximum Gasteiger partial charge on any atom is 0.514 e. The zero-order chi connectivity index (χ0) is 20.8. The fourth-order valence-electron chi connectivity index (χ4n) is 1.95. The van der Waals surface area contributed by atoms with Gasteiger partial charge in [0.1, 0.15) is 23.0 Å². The highest BCUT2D eigenvalue weighted by atomic mass is 16.7. The summed E-state index contributed by atoms with van der Waals surface area (Å²) in [6.07, 6.45) is -1.59. The first-order valence-electron chi connectivity index (χ1n) is 8.47. The van der Waals surface area contributed by atoms with E-state index in [0.29, 0.717) is 5.56 Å². The summed E-state index contributed by atoms with van der Waals surface area (Å²) in [6, 6.07) is 5.09. The molecule has 0 fully saturated rings. The number of carbonyl (C=O) groups excluding carboxylic acids is 2. The van der Waals surface area contributed by atoms with E-state index in [2.05, 4.69) is 5.32 Å². The van der Waals surface area contributed by atoms with Crippen LogP contribution >= 0.6 is 0 Å². The smallest absolute Gasteiger partial charge is 0.480 e. The summed E-state index contributed by atoms with van der Waals surface area (Å²) in [6.45, 7) is 10.2. The van der Waals surface area contributed by atoms with Crippen LogP contribution in [0, 0.1) is 0 Å². The van der Waals surface area contributed by atoms with E-state index in [-0.39, 0.29) is 12.2 Å². The lowest BCUT2D eigenvalue weighted by molar-refractivity contribution is -0.139. The Bertz CT molecular complexity index is 669. The Morgan fingerprint density at radius 3 is 1.93 bits per heavy atom. The molecule has 0 heterocycles. The second-order valence-corrected chi connectivity index (χ2v) is 7.95. The molecule has 0 aliphatic carbocycles. The average Bonchev–Trinajstić information content (AvgIpc) is 2.44. The molecule has 1 unspecified atom stereocenters. The molecule has 1 amide bonds. The van der Waals surface area contributed by atoms with Gasteiger partial charge in [-0.3, -0.25) is 0 Å². The van der Waals surface area contributed by atoms with E-state index in [1.807, 2.05) is 0 Å². The number of alkyl carbamates (subject to hydrolysis) is 1. The molecule has 0 aromatic heterocycles. The number of rotatable bonds is 5. The van der Waals surface area contributed by atoms with E-state index >= 15 is 0 Å². The monoisotopic (exact) mass is 381 g/mol. The van der Waals surface area contributed by atoms with Gasteiger partial charge in [-0.2, -0.15) is 0 Å². The van der Waals surface area contributed by atoms with Crippen molar-refractivity contribution in [2.75, 3.05) is 0 Å². The van der Waals surface area contributed by atoms with Gasteiger partial charge in [-0.25, -0.2) is 14.4 Å². The second kappa shape index (κ2) is 8.75. The van der Waals surface area contributed by atoms with Gasteiger partial charge in [0.15, 0.2) is 0 Å². The number of hydrogen-bond acceptors (Lipinski definition) is 6. The van der Waals surface area contributed by atoms with Gasteiger partial charge in [-0.15, -0.1) is 0 Å². The SMILES string of the molecule is CC(C)(C)OC(=O)NC(Cc1ccc(OC(=O)OC(C)(C)C)cc1)C(=O)O. The van der Waals surface area contributed by atoms with Crippen molar-refractivity contribution in [2.24, 2.45) is 0 Å². The molecular weight excluding hydrogens is 354 g/mol. The van der Waals surface area contributed by atoms with Crippen molar-refractivity contribution >= 4 is 18.2 Å². The van der Waals surface area contributed by atoms with Crippen LogP contribution < -0.4 is 10.1 Å². The molecule has 0 spiro atoms. The molecule has 1 atom stereocenters. The number of carboxylic acids is 1. The van der Waals surface area contributed by atoms with Crippen molar-refractivity contribution in [1.29, 1.82) is 0 Å². The molecule has 8 heteroatoms. The van der Waals surface area contributed by atoms with Crippen molar-refractivity contribution in [3.63, 3.8) is 0 Å². The third-order valence-electron chi connectivity index (χ3n) is 2.94. The van der Waals surface area contributed by atoms with Gasteiger partial charge in [-0.05, 0) is 59.2 Å². The van der Waals surface area contributed by atoms with Crippen LogP contribution in [-0.2, 0) is 20.7 Å². The maximum absolute atomic E-state index is 11.8. The second-order valence-electron chi connectivity index (χ2n) is 7.95. The molecule has 150 valence electrons. The molecule has 0 bridgehead atoms. The van der Waals surface area contributed by atoms with E-state index in [1.54, 1.807) is 53.7 Å². The lowest BCUT2D eigenvalue weighted by Crippen LogP contribution is -2.44. The Morgan fingerprint density at radius 1 is 0.963 bits per heavy atom. The first kappa shape index (κ1) is 22.3. The predicted octanol–water partition coefficient (Wildman–Crippen LogP) is 3.52. The van der Waals surface area contributed by atoms with Crippen molar-refractivity contribution in [3.8, 4) is 5.75 Å². The molecule has 2 N–H and O–H groups in total. The lowest BCUT2D eigenvalue weighted by atomic mass is 10.1. The Hall–Kier alpha value is -2.77. The Morgan fingerprint density at radius 2 is 1.48 bits per heavy atom. The fraction of sp³-hybridized carbons (Fsp3) is 0.526. The van der Waals surface area contributed by atoms with Crippen molar-refractivity contribution in [3.05, 3.63) is 29.8 Å². The number of hydrogen-bond donors (Lipinski definition) is 2. The van der Waals surface area contributed by atoms with Crippen LogP contribution in [0.3, 0.4) is 0 Å². The molecule has 1 aromatic carbocycles. The molecule has 27 heavy (non-hydrogen) atoms. The van der Waals surface area contributed by atoms with Gasteiger partial charge in [0.05, 0.1) is 0 Å². The van der Waals surface area contributed by atoms with Gasteiger partial charge in [0, 0.05) is 6.42 Å². The third kappa shape index (κ3) is 9.48. The maximum atomic E-state index is 11.8. The largest absolute Gasteiger partial charge is 0.514 e. The molecule has 0 radical (unpaired) electrons. The minimum Gasteiger partial charge on any atom is -0.480 e. The fourth-order valence-corrected chi connectivity index (χ4v) is 1.95. The molecule has 1 aromatic rings. The molecule has 0 aliphatic heterocycles. The number of carbonyl (C=O) groups is 3. The number of amides is 1. The summed E-state index contributed by atoms with van der Waals surface area (Å²) in [4.78, 5) is 34.8. The van der Waals surface area contributed by atoms with Crippen LogP contribution in [0.1, 0.15) is 47.1 Å². The topological polar surface area (TPSA) is 111 Å². The van der Waals surface area contributed by atoms with Crippen LogP contribution in [0.15, 0.2) is 24.3 Å². The van der Waals surface area contributed by atoms with Crippen LogP contribution in [-0.4, -0.2) is 40.6 Å². The summed E-state index contributed by atoms with van der Waals surface area (Å²) >= 11 is 0. The number of benzene rings is 1. The Kier molecular flexibility index (Phi) is 7.21. The van der Waals surface area contributed by atoms with Crippen molar-refractivity contribution in [2.45, 2.75) is 65.2 Å². The highest BCUT2D eigenvalue weighted by molar-refractivity contribution is 5.80.